The lowest BCUT2D eigenvalue weighted by Crippen LogP contribution is -2.48. The number of aromatic nitrogens is 3. The summed E-state index contributed by atoms with van der Waals surface area (Å²) in [5.74, 6) is 0.316. The molecule has 0 bridgehead atoms. The number of sulfonamides is 1. The van der Waals surface area contributed by atoms with Gasteiger partial charge in [0.15, 0.2) is 5.82 Å². The fourth-order valence-corrected chi connectivity index (χ4v) is 5.26. The molecule has 0 aliphatic carbocycles. The molecule has 1 aromatic carbocycles. The molecule has 2 unspecified atom stereocenters. The zero-order chi connectivity index (χ0) is 22.7. The van der Waals surface area contributed by atoms with Crippen LogP contribution < -0.4 is 5.32 Å². The molecule has 4 rings (SSSR count). The first-order valence-corrected chi connectivity index (χ1v) is 11.8. The quantitative estimate of drug-likeness (QED) is 0.609. The molecule has 2 aromatic heterocycles. The van der Waals surface area contributed by atoms with Gasteiger partial charge in [-0.1, -0.05) is 12.1 Å². The van der Waals surface area contributed by atoms with Crippen molar-refractivity contribution in [1.29, 1.82) is 0 Å². The average molecular weight is 456 g/mol. The van der Waals surface area contributed by atoms with Crippen LogP contribution in [0.15, 0.2) is 66.0 Å². The molecule has 0 saturated carbocycles. The van der Waals surface area contributed by atoms with E-state index in [1.165, 1.54) is 16.4 Å². The SMILES string of the molecule is CC1CN(S(=O)(=O)c2cccc(C(=O)NCc3ccc(-n4cccn4)nc3)c2)CC(C)O1. The molecule has 0 spiro atoms. The summed E-state index contributed by atoms with van der Waals surface area (Å²) in [5.41, 5.74) is 1.09. The zero-order valence-electron chi connectivity index (χ0n) is 17.9. The standard InChI is InChI=1S/C22H25N5O4S/c1-16-14-26(15-17(2)31-16)32(29,30)20-6-3-5-19(11-20)22(28)24-13-18-7-8-21(23-12-18)27-10-4-9-25-27/h3-12,16-17H,13-15H2,1-2H3,(H,24,28). The maximum Gasteiger partial charge on any atom is 0.251 e. The maximum absolute atomic E-state index is 13.1. The highest BCUT2D eigenvalue weighted by Crippen LogP contribution is 2.22. The molecular weight excluding hydrogens is 430 g/mol. The van der Waals surface area contributed by atoms with Gasteiger partial charge in [-0.15, -0.1) is 0 Å². The van der Waals surface area contributed by atoms with Crippen molar-refractivity contribution in [1.82, 2.24) is 24.4 Å². The molecule has 9 nitrogen and oxygen atoms in total. The topological polar surface area (TPSA) is 106 Å². The molecule has 1 N–H and O–H groups in total. The third-order valence-corrected chi connectivity index (χ3v) is 6.95. The van der Waals surface area contributed by atoms with Gasteiger partial charge in [0.1, 0.15) is 0 Å². The summed E-state index contributed by atoms with van der Waals surface area (Å²) in [6.07, 6.45) is 4.76. The van der Waals surface area contributed by atoms with E-state index >= 15 is 0 Å². The van der Waals surface area contributed by atoms with Crippen molar-refractivity contribution in [3.63, 3.8) is 0 Å². The van der Waals surface area contributed by atoms with Crippen molar-refractivity contribution in [3.8, 4) is 5.82 Å². The molecule has 1 saturated heterocycles. The summed E-state index contributed by atoms with van der Waals surface area (Å²) < 4.78 is 34.9. The Bertz CT molecular complexity index is 1170. The first-order chi connectivity index (χ1) is 15.3. The third kappa shape index (κ3) is 4.87. The molecule has 1 fully saturated rings. The lowest BCUT2D eigenvalue weighted by molar-refractivity contribution is -0.0440. The fraction of sp³-hybridized carbons (Fsp3) is 0.318. The Morgan fingerprint density at radius 1 is 1.16 bits per heavy atom. The lowest BCUT2D eigenvalue weighted by Gasteiger charge is -2.34. The molecule has 3 aromatic rings. The van der Waals surface area contributed by atoms with Crippen LogP contribution in [0, 0.1) is 0 Å². The van der Waals surface area contributed by atoms with Crippen LogP contribution in [0.25, 0.3) is 5.82 Å². The van der Waals surface area contributed by atoms with E-state index in [1.54, 1.807) is 35.4 Å². The number of nitrogens with zero attached hydrogens (tertiary/aromatic N) is 4. The number of ether oxygens (including phenoxy) is 1. The van der Waals surface area contributed by atoms with Gasteiger partial charge in [-0.25, -0.2) is 18.1 Å². The highest BCUT2D eigenvalue weighted by atomic mass is 32.2. The minimum Gasteiger partial charge on any atom is -0.373 e. The molecule has 1 aliphatic heterocycles. The molecule has 1 aliphatic rings. The highest BCUT2D eigenvalue weighted by Gasteiger charge is 2.32. The highest BCUT2D eigenvalue weighted by molar-refractivity contribution is 7.89. The van der Waals surface area contributed by atoms with Crippen LogP contribution in [-0.4, -0.2) is 58.7 Å². The van der Waals surface area contributed by atoms with Gasteiger partial charge in [-0.3, -0.25) is 4.79 Å². The smallest absolute Gasteiger partial charge is 0.251 e. The number of carbonyl (C=O) groups is 1. The first-order valence-electron chi connectivity index (χ1n) is 10.3. The lowest BCUT2D eigenvalue weighted by atomic mass is 10.2. The summed E-state index contributed by atoms with van der Waals surface area (Å²) in [7, 11) is -3.72. The Hall–Kier alpha value is -3.08. The van der Waals surface area contributed by atoms with Gasteiger partial charge in [0.25, 0.3) is 5.91 Å². The van der Waals surface area contributed by atoms with E-state index in [9.17, 15) is 13.2 Å². The predicted molar refractivity (Wildman–Crippen MR) is 118 cm³/mol. The van der Waals surface area contributed by atoms with Crippen molar-refractivity contribution in [2.45, 2.75) is 37.5 Å². The maximum atomic E-state index is 13.1. The number of pyridine rings is 1. The number of rotatable bonds is 6. The van der Waals surface area contributed by atoms with E-state index in [4.69, 9.17) is 4.74 Å². The monoisotopic (exact) mass is 455 g/mol. The number of benzene rings is 1. The Labute approximate surface area is 187 Å². The molecule has 32 heavy (non-hydrogen) atoms. The molecule has 3 heterocycles. The molecular formula is C22H25N5O4S. The van der Waals surface area contributed by atoms with Crippen LogP contribution in [0.4, 0.5) is 0 Å². The molecule has 10 heteroatoms. The van der Waals surface area contributed by atoms with E-state index < -0.39 is 10.0 Å². The number of morpholine rings is 1. The second kappa shape index (κ2) is 9.19. The third-order valence-electron chi connectivity index (χ3n) is 5.12. The van der Waals surface area contributed by atoms with Gasteiger partial charge in [-0.05, 0) is 49.7 Å². The number of hydrogen-bond acceptors (Lipinski definition) is 6. The number of amides is 1. The average Bonchev–Trinajstić information content (AvgIpc) is 3.32. The van der Waals surface area contributed by atoms with Gasteiger partial charge in [0.05, 0.1) is 17.1 Å². The Morgan fingerprint density at radius 2 is 1.94 bits per heavy atom. The number of carbonyl (C=O) groups excluding carboxylic acids is 1. The minimum absolute atomic E-state index is 0.0942. The number of hydrogen-bond donors (Lipinski definition) is 1. The van der Waals surface area contributed by atoms with Gasteiger partial charge >= 0.3 is 0 Å². The van der Waals surface area contributed by atoms with Crippen molar-refractivity contribution >= 4 is 15.9 Å². The van der Waals surface area contributed by atoms with E-state index in [0.717, 1.165) is 5.56 Å². The van der Waals surface area contributed by atoms with E-state index in [0.29, 0.717) is 5.82 Å². The van der Waals surface area contributed by atoms with Crippen LogP contribution in [0.2, 0.25) is 0 Å². The minimum atomic E-state index is -3.72. The van der Waals surface area contributed by atoms with Crippen LogP contribution in [0.3, 0.4) is 0 Å². The van der Waals surface area contributed by atoms with Gasteiger partial charge in [-0.2, -0.15) is 9.40 Å². The number of nitrogens with one attached hydrogen (secondary N) is 1. The predicted octanol–water partition coefficient (Wildman–Crippen LogP) is 2.00. The molecule has 168 valence electrons. The Kier molecular flexibility index (Phi) is 6.35. The Balaban J connectivity index is 1.43. The molecule has 1 amide bonds. The summed E-state index contributed by atoms with van der Waals surface area (Å²) in [5, 5.41) is 6.94. The molecule has 0 radical (unpaired) electrons. The largest absolute Gasteiger partial charge is 0.373 e. The van der Waals surface area contributed by atoms with Gasteiger partial charge in [0, 0.05) is 43.8 Å². The van der Waals surface area contributed by atoms with E-state index in [1.807, 2.05) is 32.0 Å². The van der Waals surface area contributed by atoms with Crippen molar-refractivity contribution in [2.75, 3.05) is 13.1 Å². The summed E-state index contributed by atoms with van der Waals surface area (Å²) >= 11 is 0. The first kappa shape index (κ1) is 22.1. The van der Waals surface area contributed by atoms with Gasteiger partial charge in [0.2, 0.25) is 10.0 Å². The van der Waals surface area contributed by atoms with Crippen molar-refractivity contribution in [2.24, 2.45) is 0 Å². The molecule has 2 atom stereocenters. The van der Waals surface area contributed by atoms with Crippen LogP contribution in [-0.2, 0) is 21.3 Å². The van der Waals surface area contributed by atoms with Gasteiger partial charge < -0.3 is 10.1 Å². The zero-order valence-corrected chi connectivity index (χ0v) is 18.7. The summed E-state index contributed by atoms with van der Waals surface area (Å²) in [6.45, 7) is 4.52. The summed E-state index contributed by atoms with van der Waals surface area (Å²) in [6, 6.07) is 11.6. The second-order valence-electron chi connectivity index (χ2n) is 7.77. The van der Waals surface area contributed by atoms with Crippen molar-refractivity contribution < 1.29 is 17.9 Å². The van der Waals surface area contributed by atoms with Crippen LogP contribution in [0.1, 0.15) is 29.8 Å². The van der Waals surface area contributed by atoms with E-state index in [-0.39, 0.29) is 48.2 Å². The van der Waals surface area contributed by atoms with Crippen LogP contribution in [0.5, 0.6) is 0 Å². The second-order valence-corrected chi connectivity index (χ2v) is 9.70. The van der Waals surface area contributed by atoms with E-state index in [2.05, 4.69) is 15.4 Å². The summed E-state index contributed by atoms with van der Waals surface area (Å²) in [4.78, 5) is 17.1. The van der Waals surface area contributed by atoms with Crippen molar-refractivity contribution in [3.05, 3.63) is 72.2 Å². The van der Waals surface area contributed by atoms with Crippen LogP contribution >= 0.6 is 0 Å². The normalized spacial score (nSPS) is 19.6. The fourth-order valence-electron chi connectivity index (χ4n) is 3.62. The Morgan fingerprint density at radius 3 is 2.59 bits per heavy atom.